The molecule has 124 valence electrons. The van der Waals surface area contributed by atoms with Gasteiger partial charge in [-0.1, -0.05) is 56.3 Å². The lowest BCUT2D eigenvalue weighted by Crippen LogP contribution is -2.31. The van der Waals surface area contributed by atoms with Crippen molar-refractivity contribution in [3.8, 4) is 0 Å². The summed E-state index contributed by atoms with van der Waals surface area (Å²) in [6, 6.07) is 9.68. The molecule has 1 aromatic rings. The first-order valence-electron chi connectivity index (χ1n) is 7.74. The first-order valence-corrected chi connectivity index (χ1v) is 9.35. The average molecular weight is 326 g/mol. The van der Waals surface area contributed by atoms with Crippen LogP contribution in [0.2, 0.25) is 0 Å². The van der Waals surface area contributed by atoms with E-state index in [-0.39, 0.29) is 19.1 Å². The lowest BCUT2D eigenvalue weighted by molar-refractivity contribution is 0.113. The average Bonchev–Trinajstić information content (AvgIpc) is 2.48. The van der Waals surface area contributed by atoms with Gasteiger partial charge < -0.3 is 14.2 Å². The molecule has 0 radical (unpaired) electrons. The summed E-state index contributed by atoms with van der Waals surface area (Å²) in [5, 5.41) is 10.5. The number of benzene rings is 1. The minimum atomic E-state index is -3.41. The first-order chi connectivity index (χ1) is 10.4. The molecule has 1 aromatic carbocycles. The second-order valence-corrected chi connectivity index (χ2v) is 7.56. The molecule has 0 aliphatic rings. The van der Waals surface area contributed by atoms with Gasteiger partial charge in [0.25, 0.3) is 0 Å². The normalized spacial score (nSPS) is 15.4. The maximum absolute atomic E-state index is 13.0. The van der Waals surface area contributed by atoms with E-state index in [0.29, 0.717) is 0 Å². The van der Waals surface area contributed by atoms with E-state index in [1.807, 2.05) is 50.3 Å². The zero-order valence-corrected chi connectivity index (χ0v) is 14.7. The summed E-state index contributed by atoms with van der Waals surface area (Å²) < 4.78 is 23.9. The molecule has 0 aliphatic heterocycles. The Hall–Kier alpha value is -0.930. The van der Waals surface area contributed by atoms with Crippen LogP contribution in [-0.2, 0) is 13.6 Å². The zero-order chi connectivity index (χ0) is 16.6. The quantitative estimate of drug-likeness (QED) is 0.685. The van der Waals surface area contributed by atoms with Crippen molar-refractivity contribution in [1.29, 1.82) is 0 Å². The lowest BCUT2D eigenvalue weighted by atomic mass is 10.0. The van der Waals surface area contributed by atoms with Crippen LogP contribution in [0, 0.1) is 5.92 Å². The number of aliphatic hydroxyl groups is 1. The summed E-state index contributed by atoms with van der Waals surface area (Å²) in [6.45, 7) is 7.86. The molecular formula is C17H27O4P. The topological polar surface area (TPSA) is 55.8 Å². The highest BCUT2D eigenvalue weighted by atomic mass is 31.2. The highest BCUT2D eigenvalue weighted by molar-refractivity contribution is 7.55. The summed E-state index contributed by atoms with van der Waals surface area (Å²) in [7, 11) is -3.41. The predicted molar refractivity (Wildman–Crippen MR) is 91.0 cm³/mol. The highest BCUT2D eigenvalue weighted by Crippen LogP contribution is 2.55. The molecule has 4 nitrogen and oxygen atoms in total. The number of aliphatic hydroxyl groups excluding tert-OH is 1. The van der Waals surface area contributed by atoms with Crippen molar-refractivity contribution < 1.29 is 18.7 Å². The van der Waals surface area contributed by atoms with Crippen molar-refractivity contribution in [1.82, 2.24) is 0 Å². The van der Waals surface area contributed by atoms with Crippen LogP contribution in [-0.4, -0.2) is 30.1 Å². The monoisotopic (exact) mass is 326 g/mol. The van der Waals surface area contributed by atoms with Gasteiger partial charge >= 0.3 is 7.60 Å². The predicted octanol–water partition coefficient (Wildman–Crippen LogP) is 4.35. The van der Waals surface area contributed by atoms with Crippen molar-refractivity contribution in [2.75, 3.05) is 13.2 Å². The minimum absolute atomic E-state index is 0.0559. The van der Waals surface area contributed by atoms with E-state index in [4.69, 9.17) is 9.05 Å². The number of rotatable bonds is 9. The van der Waals surface area contributed by atoms with E-state index >= 15 is 0 Å². The molecular weight excluding hydrogens is 299 g/mol. The maximum Gasteiger partial charge on any atom is 0.340 e. The van der Waals surface area contributed by atoms with E-state index in [0.717, 1.165) is 5.56 Å². The Morgan fingerprint density at radius 1 is 1.14 bits per heavy atom. The van der Waals surface area contributed by atoms with Gasteiger partial charge in [0.1, 0.15) is 5.66 Å². The molecule has 0 aromatic heterocycles. The Morgan fingerprint density at radius 2 is 1.68 bits per heavy atom. The molecule has 0 aliphatic carbocycles. The lowest BCUT2D eigenvalue weighted by Gasteiger charge is -2.29. The third kappa shape index (κ3) is 5.36. The van der Waals surface area contributed by atoms with Crippen molar-refractivity contribution in [2.45, 2.75) is 39.5 Å². The van der Waals surface area contributed by atoms with Gasteiger partial charge in [0.05, 0.1) is 19.3 Å². The van der Waals surface area contributed by atoms with E-state index in [1.54, 1.807) is 19.9 Å². The molecule has 0 heterocycles. The second kappa shape index (κ2) is 9.26. The van der Waals surface area contributed by atoms with Gasteiger partial charge in [0.15, 0.2) is 0 Å². The molecule has 2 atom stereocenters. The Bertz CT molecular complexity index is 489. The first kappa shape index (κ1) is 19.1. The van der Waals surface area contributed by atoms with E-state index in [1.165, 1.54) is 0 Å². The van der Waals surface area contributed by atoms with Crippen molar-refractivity contribution in [2.24, 2.45) is 5.92 Å². The molecule has 0 saturated heterocycles. The smallest absolute Gasteiger partial charge is 0.340 e. The van der Waals surface area contributed by atoms with Crippen LogP contribution in [0.15, 0.2) is 36.4 Å². The van der Waals surface area contributed by atoms with Gasteiger partial charge in [-0.15, -0.1) is 0 Å². The van der Waals surface area contributed by atoms with Crippen LogP contribution in [0.4, 0.5) is 0 Å². The van der Waals surface area contributed by atoms with Gasteiger partial charge in [0.2, 0.25) is 0 Å². The summed E-state index contributed by atoms with van der Waals surface area (Å²) in [4.78, 5) is 0. The van der Waals surface area contributed by atoms with Gasteiger partial charge in [0, 0.05) is 0 Å². The summed E-state index contributed by atoms with van der Waals surface area (Å²) in [5.74, 6) is -0.0559. The van der Waals surface area contributed by atoms with Crippen LogP contribution in [0.1, 0.15) is 33.3 Å². The molecule has 5 heteroatoms. The molecule has 0 spiro atoms. The van der Waals surface area contributed by atoms with Crippen LogP contribution in [0.3, 0.4) is 0 Å². The molecule has 1 rings (SSSR count). The van der Waals surface area contributed by atoms with Gasteiger partial charge in [-0.2, -0.15) is 0 Å². The number of hydrogen-bond donors (Lipinski definition) is 1. The standard InChI is InChI=1S/C17H27O4P/c1-5-20-22(19,21-6-2)16(17(18)14(3)4)13-12-15-10-8-7-9-11-15/h7-14,16-18H,5-6H2,1-4H3/b13-12+/t16-,17-/m0/s1. The molecule has 22 heavy (non-hydrogen) atoms. The Kier molecular flexibility index (Phi) is 8.05. The Morgan fingerprint density at radius 3 is 2.14 bits per heavy atom. The van der Waals surface area contributed by atoms with E-state index in [9.17, 15) is 9.67 Å². The fraction of sp³-hybridized carbons (Fsp3) is 0.529. The summed E-state index contributed by atoms with van der Waals surface area (Å²) >= 11 is 0. The molecule has 0 unspecified atom stereocenters. The second-order valence-electron chi connectivity index (χ2n) is 5.37. The van der Waals surface area contributed by atoms with E-state index in [2.05, 4.69) is 0 Å². The Labute approximate surface area is 133 Å². The third-order valence-electron chi connectivity index (χ3n) is 3.30. The molecule has 0 amide bonds. The van der Waals surface area contributed by atoms with Crippen molar-refractivity contribution in [3.63, 3.8) is 0 Å². The van der Waals surface area contributed by atoms with E-state index < -0.39 is 19.4 Å². The molecule has 0 saturated carbocycles. The highest BCUT2D eigenvalue weighted by Gasteiger charge is 2.39. The van der Waals surface area contributed by atoms with Crippen LogP contribution in [0.5, 0.6) is 0 Å². The number of hydrogen-bond acceptors (Lipinski definition) is 4. The molecule has 1 N–H and O–H groups in total. The molecule has 0 fully saturated rings. The summed E-state index contributed by atoms with van der Waals surface area (Å²) in [5.41, 5.74) is 0.288. The van der Waals surface area contributed by atoms with Crippen molar-refractivity contribution in [3.05, 3.63) is 42.0 Å². The molecule has 0 bridgehead atoms. The fourth-order valence-electron chi connectivity index (χ4n) is 2.14. The van der Waals surface area contributed by atoms with Crippen LogP contribution >= 0.6 is 7.60 Å². The zero-order valence-electron chi connectivity index (χ0n) is 13.8. The minimum Gasteiger partial charge on any atom is -0.392 e. The van der Waals surface area contributed by atoms with Crippen molar-refractivity contribution >= 4 is 13.7 Å². The van der Waals surface area contributed by atoms with Crippen LogP contribution in [0.25, 0.3) is 6.08 Å². The van der Waals surface area contributed by atoms with Gasteiger partial charge in [-0.05, 0) is 25.3 Å². The fourth-order valence-corrected chi connectivity index (χ4v) is 4.30. The Balaban J connectivity index is 3.11. The summed E-state index contributed by atoms with van der Waals surface area (Å²) in [6.07, 6.45) is 2.79. The van der Waals surface area contributed by atoms with Gasteiger partial charge in [-0.25, -0.2) is 0 Å². The van der Waals surface area contributed by atoms with Crippen LogP contribution < -0.4 is 0 Å². The third-order valence-corrected chi connectivity index (χ3v) is 5.75. The maximum atomic E-state index is 13.0. The van der Waals surface area contributed by atoms with Gasteiger partial charge in [-0.3, -0.25) is 4.57 Å². The SMILES string of the molecule is CCOP(=O)(OCC)[C@@H](/C=C/c1ccccc1)[C@@H](O)C(C)C. The largest absolute Gasteiger partial charge is 0.392 e.